The summed E-state index contributed by atoms with van der Waals surface area (Å²) in [7, 11) is 0. The molecule has 2 amide bonds. The molecule has 56 heavy (non-hydrogen) atoms. The van der Waals surface area contributed by atoms with Crippen LogP contribution >= 0.6 is 0 Å². The van der Waals surface area contributed by atoms with Crippen molar-refractivity contribution in [1.29, 1.82) is 0 Å². The average Bonchev–Trinajstić information content (AvgIpc) is 3.41. The molecule has 1 aromatic carbocycles. The van der Waals surface area contributed by atoms with E-state index in [9.17, 15) is 14.7 Å². The quantitative estimate of drug-likeness (QED) is 0.0578. The monoisotopic (exact) mass is 805 g/mol. The molecule has 1 aromatic rings. The number of aliphatic hydroxyl groups is 1. The van der Waals surface area contributed by atoms with E-state index in [4.69, 9.17) is 61.6 Å². The summed E-state index contributed by atoms with van der Waals surface area (Å²) >= 11 is 0. The number of rotatable bonds is 40. The van der Waals surface area contributed by atoms with Crippen LogP contribution in [0.3, 0.4) is 0 Å². The maximum atomic E-state index is 12.3. The molecule has 17 nitrogen and oxygen atoms in total. The zero-order chi connectivity index (χ0) is 40.4. The van der Waals surface area contributed by atoms with E-state index in [2.05, 4.69) is 0 Å². The lowest BCUT2D eigenvalue weighted by molar-refractivity contribution is -0.173. The summed E-state index contributed by atoms with van der Waals surface area (Å²) in [5, 5.41) is 9.74. The SMILES string of the molecule is CC(C)(C)OC(O)CCOCCOCCOCCOCCOCCOCCOCCOCCOCCOCCOCCOCCN1C(=O)c2ccccc2C1=O. The highest BCUT2D eigenvalue weighted by atomic mass is 16.6. The molecule has 1 atom stereocenters. The number of imide groups is 1. The normalized spacial score (nSPS) is 13.6. The molecular formula is C39H67NO16. The summed E-state index contributed by atoms with van der Waals surface area (Å²) in [4.78, 5) is 25.8. The lowest BCUT2D eigenvalue weighted by Crippen LogP contribution is -2.33. The Morgan fingerprint density at radius 3 is 0.964 bits per heavy atom. The molecule has 0 bridgehead atoms. The first kappa shape index (κ1) is 49.9. The maximum absolute atomic E-state index is 12.3. The van der Waals surface area contributed by atoms with Gasteiger partial charge in [-0.25, -0.2) is 0 Å². The van der Waals surface area contributed by atoms with E-state index >= 15 is 0 Å². The molecule has 0 saturated heterocycles. The van der Waals surface area contributed by atoms with Crippen LogP contribution in [0.1, 0.15) is 47.9 Å². The second-order valence-electron chi connectivity index (χ2n) is 13.1. The van der Waals surface area contributed by atoms with Crippen LogP contribution in [0, 0.1) is 0 Å². The summed E-state index contributed by atoms with van der Waals surface area (Å²) in [5.41, 5.74) is 0.495. The van der Waals surface area contributed by atoms with Crippen molar-refractivity contribution in [3.8, 4) is 0 Å². The predicted octanol–water partition coefficient (Wildman–Crippen LogP) is 2.01. The molecule has 0 fully saturated rings. The van der Waals surface area contributed by atoms with Crippen molar-refractivity contribution in [1.82, 2.24) is 4.90 Å². The molecule has 1 aliphatic rings. The number of amides is 2. The van der Waals surface area contributed by atoms with Gasteiger partial charge < -0.3 is 66.7 Å². The molecule has 2 rings (SSSR count). The van der Waals surface area contributed by atoms with Crippen molar-refractivity contribution in [2.75, 3.05) is 165 Å². The number of fused-ring (bicyclic) bond motifs is 1. The summed E-state index contributed by atoms with van der Waals surface area (Å²) in [6, 6.07) is 6.81. The van der Waals surface area contributed by atoms with Gasteiger partial charge in [-0.2, -0.15) is 0 Å². The first-order valence-corrected chi connectivity index (χ1v) is 19.5. The van der Waals surface area contributed by atoms with E-state index in [-0.39, 0.29) is 30.6 Å². The second kappa shape index (κ2) is 33.7. The lowest BCUT2D eigenvalue weighted by atomic mass is 10.1. The fourth-order valence-corrected chi connectivity index (χ4v) is 4.77. The highest BCUT2D eigenvalue weighted by molar-refractivity contribution is 6.21. The zero-order valence-corrected chi connectivity index (χ0v) is 33.8. The summed E-state index contributed by atoms with van der Waals surface area (Å²) < 4.78 is 71.1. The Hall–Kier alpha value is -2.20. The van der Waals surface area contributed by atoms with Gasteiger partial charge in [-0.05, 0) is 32.9 Å². The molecule has 1 N–H and O–H groups in total. The van der Waals surface area contributed by atoms with E-state index in [1.807, 2.05) is 20.8 Å². The largest absolute Gasteiger partial charge is 0.379 e. The van der Waals surface area contributed by atoms with Gasteiger partial charge >= 0.3 is 0 Å². The number of hydrogen-bond acceptors (Lipinski definition) is 16. The van der Waals surface area contributed by atoms with E-state index in [1.54, 1.807) is 24.3 Å². The molecule has 1 aliphatic heterocycles. The fourth-order valence-electron chi connectivity index (χ4n) is 4.77. The second-order valence-corrected chi connectivity index (χ2v) is 13.1. The lowest BCUT2D eigenvalue weighted by Gasteiger charge is -2.23. The molecule has 0 aliphatic carbocycles. The molecule has 324 valence electrons. The Balaban J connectivity index is 1.16. The molecule has 0 aromatic heterocycles. The van der Waals surface area contributed by atoms with E-state index in [1.165, 1.54) is 4.90 Å². The Labute approximate surface area is 332 Å². The third kappa shape index (κ3) is 26.7. The number of ether oxygens (including phenoxy) is 13. The van der Waals surface area contributed by atoms with Crippen molar-refractivity contribution < 1.29 is 76.3 Å². The Morgan fingerprint density at radius 1 is 0.446 bits per heavy atom. The minimum Gasteiger partial charge on any atom is -0.379 e. The maximum Gasteiger partial charge on any atom is 0.261 e. The van der Waals surface area contributed by atoms with Crippen molar-refractivity contribution in [3.05, 3.63) is 35.4 Å². The van der Waals surface area contributed by atoms with Gasteiger partial charge in [0.2, 0.25) is 0 Å². The van der Waals surface area contributed by atoms with Crippen LogP contribution in [-0.4, -0.2) is 199 Å². The first-order valence-electron chi connectivity index (χ1n) is 19.5. The first-order chi connectivity index (χ1) is 27.3. The predicted molar refractivity (Wildman–Crippen MR) is 203 cm³/mol. The van der Waals surface area contributed by atoms with Crippen LogP contribution in [0.2, 0.25) is 0 Å². The summed E-state index contributed by atoms with van der Waals surface area (Å²) in [5.74, 6) is -0.562. The van der Waals surface area contributed by atoms with Crippen molar-refractivity contribution >= 4 is 11.8 Å². The minimum absolute atomic E-state index is 0.209. The molecule has 17 heteroatoms. The highest BCUT2D eigenvalue weighted by Crippen LogP contribution is 2.21. The van der Waals surface area contributed by atoms with Crippen molar-refractivity contribution in [3.63, 3.8) is 0 Å². The smallest absolute Gasteiger partial charge is 0.261 e. The average molecular weight is 806 g/mol. The summed E-state index contributed by atoms with van der Waals surface area (Å²) in [6.07, 6.45) is -0.410. The number of aliphatic hydroxyl groups excluding tert-OH is 1. The van der Waals surface area contributed by atoms with Crippen molar-refractivity contribution in [2.24, 2.45) is 0 Å². The molecule has 0 saturated carbocycles. The van der Waals surface area contributed by atoms with Gasteiger partial charge in [0.05, 0.1) is 182 Å². The van der Waals surface area contributed by atoms with Gasteiger partial charge in [-0.1, -0.05) is 12.1 Å². The Bertz CT molecular complexity index is 1070. The third-order valence-corrected chi connectivity index (χ3v) is 7.43. The molecule has 0 radical (unpaired) electrons. The Morgan fingerprint density at radius 2 is 0.696 bits per heavy atom. The van der Waals surface area contributed by atoms with Gasteiger partial charge in [-0.3, -0.25) is 14.5 Å². The Kier molecular flexibility index (Phi) is 30.1. The van der Waals surface area contributed by atoms with Crippen LogP contribution in [0.15, 0.2) is 24.3 Å². The number of carbonyl (C=O) groups is 2. The van der Waals surface area contributed by atoms with Crippen molar-refractivity contribution in [2.45, 2.75) is 39.1 Å². The van der Waals surface area contributed by atoms with Crippen LogP contribution in [0.5, 0.6) is 0 Å². The van der Waals surface area contributed by atoms with E-state index in [0.717, 1.165) is 0 Å². The standard InChI is InChI=1S/C39H67NO16/c1-39(2,3)56-36(41)8-10-44-12-14-46-16-18-48-20-22-50-24-26-52-28-30-54-32-33-55-31-29-53-27-25-51-23-21-49-19-17-47-15-13-45-11-9-40-37(42)34-6-4-5-7-35(34)38(40)43/h4-7,36,41H,8-33H2,1-3H3. The van der Waals surface area contributed by atoms with Gasteiger partial charge in [0, 0.05) is 6.42 Å². The van der Waals surface area contributed by atoms with Crippen LogP contribution in [0.25, 0.3) is 0 Å². The molecular weight excluding hydrogens is 738 g/mol. The minimum atomic E-state index is -0.829. The number of hydrogen-bond donors (Lipinski definition) is 1. The van der Waals surface area contributed by atoms with E-state index in [0.29, 0.717) is 170 Å². The van der Waals surface area contributed by atoms with Gasteiger partial charge in [0.1, 0.15) is 0 Å². The third-order valence-electron chi connectivity index (χ3n) is 7.43. The molecule has 0 spiro atoms. The number of carbonyl (C=O) groups excluding carboxylic acids is 2. The number of nitrogens with zero attached hydrogens (tertiary/aromatic N) is 1. The fraction of sp³-hybridized carbons (Fsp3) is 0.795. The van der Waals surface area contributed by atoms with Crippen LogP contribution in [0.4, 0.5) is 0 Å². The van der Waals surface area contributed by atoms with Crippen LogP contribution < -0.4 is 0 Å². The topological polar surface area (TPSA) is 178 Å². The van der Waals surface area contributed by atoms with Crippen LogP contribution in [-0.2, 0) is 61.6 Å². The zero-order valence-electron chi connectivity index (χ0n) is 33.8. The number of benzene rings is 1. The molecule has 1 heterocycles. The van der Waals surface area contributed by atoms with Gasteiger partial charge in [0.25, 0.3) is 11.8 Å². The van der Waals surface area contributed by atoms with E-state index < -0.39 is 6.29 Å². The van der Waals surface area contributed by atoms with Gasteiger partial charge in [0.15, 0.2) is 6.29 Å². The highest BCUT2D eigenvalue weighted by Gasteiger charge is 2.34. The summed E-state index contributed by atoms with van der Waals surface area (Å²) in [6.45, 7) is 16.7. The molecule has 1 unspecified atom stereocenters. The van der Waals surface area contributed by atoms with Gasteiger partial charge in [-0.15, -0.1) is 0 Å².